The second-order valence-corrected chi connectivity index (χ2v) is 9.01. The lowest BCUT2D eigenvalue weighted by atomic mass is 10.1. The smallest absolute Gasteiger partial charge is 0.228 e. The van der Waals surface area contributed by atoms with Crippen LogP contribution in [0.1, 0.15) is 17.7 Å². The zero-order chi connectivity index (χ0) is 23.8. The van der Waals surface area contributed by atoms with E-state index < -0.39 is 0 Å². The van der Waals surface area contributed by atoms with Crippen molar-refractivity contribution in [2.75, 3.05) is 36.5 Å². The molecule has 1 N–H and O–H groups in total. The minimum absolute atomic E-state index is 0.683. The van der Waals surface area contributed by atoms with E-state index in [1.807, 2.05) is 24.7 Å². The Balaban J connectivity index is 1.36. The molecule has 0 spiro atoms. The van der Waals surface area contributed by atoms with Crippen molar-refractivity contribution in [1.82, 2.24) is 19.7 Å². The highest BCUT2D eigenvalue weighted by Gasteiger charge is 2.17. The van der Waals surface area contributed by atoms with Crippen LogP contribution in [0.15, 0.2) is 66.8 Å². The molecule has 176 valence electrons. The first-order valence-electron chi connectivity index (χ1n) is 12.0. The summed E-state index contributed by atoms with van der Waals surface area (Å²) >= 11 is 0. The first-order chi connectivity index (χ1) is 17.1. The molecule has 0 bridgehead atoms. The molecule has 0 unspecified atom stereocenters. The van der Waals surface area contributed by atoms with Gasteiger partial charge in [-0.2, -0.15) is 10.1 Å². The van der Waals surface area contributed by atoms with Crippen LogP contribution < -0.4 is 10.2 Å². The van der Waals surface area contributed by atoms with E-state index in [1.54, 1.807) is 0 Å². The van der Waals surface area contributed by atoms with Crippen molar-refractivity contribution in [1.29, 1.82) is 0 Å². The van der Waals surface area contributed by atoms with Gasteiger partial charge in [-0.1, -0.05) is 42.5 Å². The molecule has 6 rings (SSSR count). The van der Waals surface area contributed by atoms with Gasteiger partial charge in [0.25, 0.3) is 0 Å². The SMILES string of the molecule is Cc1nn(C)c2cc(-c3cc(Nc4ccc(C5=CC=CC5)cc4)nc(N4CCOCC4)n3)ccc12. The van der Waals surface area contributed by atoms with Crippen LogP contribution in [0.25, 0.3) is 27.7 Å². The van der Waals surface area contributed by atoms with Crippen LogP contribution in [0.4, 0.5) is 17.5 Å². The number of morpholine rings is 1. The summed E-state index contributed by atoms with van der Waals surface area (Å²) in [5, 5.41) is 9.23. The molecule has 0 saturated carbocycles. The van der Waals surface area contributed by atoms with E-state index >= 15 is 0 Å². The second-order valence-electron chi connectivity index (χ2n) is 9.01. The number of anilines is 3. The van der Waals surface area contributed by atoms with Gasteiger partial charge >= 0.3 is 0 Å². The molecule has 7 heteroatoms. The number of aromatic nitrogens is 4. The van der Waals surface area contributed by atoms with Crippen LogP contribution in [-0.4, -0.2) is 46.1 Å². The molecule has 1 fully saturated rings. The van der Waals surface area contributed by atoms with E-state index in [0.29, 0.717) is 19.2 Å². The van der Waals surface area contributed by atoms with Crippen LogP contribution in [0, 0.1) is 6.92 Å². The molecule has 2 aromatic heterocycles. The van der Waals surface area contributed by atoms with Crippen LogP contribution in [0.5, 0.6) is 0 Å². The van der Waals surface area contributed by atoms with Crippen molar-refractivity contribution >= 4 is 33.9 Å². The van der Waals surface area contributed by atoms with Crippen molar-refractivity contribution in [3.8, 4) is 11.3 Å². The lowest BCUT2D eigenvalue weighted by Gasteiger charge is -2.27. The summed E-state index contributed by atoms with van der Waals surface area (Å²) < 4.78 is 7.47. The Kier molecular flexibility index (Phi) is 5.54. The van der Waals surface area contributed by atoms with E-state index in [4.69, 9.17) is 14.7 Å². The standard InChI is InChI=1S/C28H28N6O/c1-19-24-12-9-22(17-26(24)33(2)32-19)25-18-27(31-28(30-25)34-13-15-35-16-14-34)29-23-10-7-21(8-11-23)20-5-3-4-6-20/h3-5,7-12,17-18H,6,13-16H2,1-2H3,(H,29,30,31). The highest BCUT2D eigenvalue weighted by Crippen LogP contribution is 2.30. The van der Waals surface area contributed by atoms with Crippen LogP contribution in [0.2, 0.25) is 0 Å². The van der Waals surface area contributed by atoms with Gasteiger partial charge in [0.2, 0.25) is 5.95 Å². The Morgan fingerprint density at radius 2 is 1.74 bits per heavy atom. The first-order valence-corrected chi connectivity index (χ1v) is 12.0. The number of rotatable bonds is 5. The third kappa shape index (κ3) is 4.31. The monoisotopic (exact) mass is 464 g/mol. The molecule has 0 amide bonds. The number of nitrogens with zero attached hydrogens (tertiary/aromatic N) is 5. The summed E-state index contributed by atoms with van der Waals surface area (Å²) in [7, 11) is 1.98. The summed E-state index contributed by atoms with van der Waals surface area (Å²) in [5.74, 6) is 1.49. The number of fused-ring (bicyclic) bond motifs is 1. The number of allylic oxidation sites excluding steroid dienone is 4. The van der Waals surface area contributed by atoms with Gasteiger partial charge in [0.1, 0.15) is 5.82 Å². The van der Waals surface area contributed by atoms with Gasteiger partial charge in [-0.3, -0.25) is 4.68 Å². The highest BCUT2D eigenvalue weighted by atomic mass is 16.5. The summed E-state index contributed by atoms with van der Waals surface area (Å²) in [6, 6.07) is 16.9. The lowest BCUT2D eigenvalue weighted by Crippen LogP contribution is -2.37. The normalized spacial score (nSPS) is 15.6. The van der Waals surface area contributed by atoms with Crippen LogP contribution in [-0.2, 0) is 11.8 Å². The Morgan fingerprint density at radius 1 is 0.943 bits per heavy atom. The molecule has 1 saturated heterocycles. The zero-order valence-electron chi connectivity index (χ0n) is 20.0. The lowest BCUT2D eigenvalue weighted by molar-refractivity contribution is 0.122. The Hall–Kier alpha value is -3.97. The van der Waals surface area contributed by atoms with Gasteiger partial charge in [0.15, 0.2) is 0 Å². The first kappa shape index (κ1) is 21.6. The quantitative estimate of drug-likeness (QED) is 0.434. The number of benzene rings is 2. The number of hydrogen-bond acceptors (Lipinski definition) is 6. The molecule has 2 aliphatic rings. The molecular formula is C28H28N6O. The minimum Gasteiger partial charge on any atom is -0.378 e. The van der Waals surface area contributed by atoms with Crippen LogP contribution in [0.3, 0.4) is 0 Å². The molecule has 35 heavy (non-hydrogen) atoms. The summed E-state index contributed by atoms with van der Waals surface area (Å²) in [6.07, 6.45) is 7.46. The molecule has 4 aromatic rings. The average Bonchev–Trinajstić information content (AvgIpc) is 3.53. The number of ether oxygens (including phenoxy) is 1. The predicted molar refractivity (Wildman–Crippen MR) is 141 cm³/mol. The van der Waals surface area contributed by atoms with E-state index in [0.717, 1.165) is 58.9 Å². The molecule has 2 aromatic carbocycles. The van der Waals surface area contributed by atoms with Crippen molar-refractivity contribution in [2.24, 2.45) is 7.05 Å². The number of aryl methyl sites for hydroxylation is 2. The maximum atomic E-state index is 5.55. The fourth-order valence-electron chi connectivity index (χ4n) is 4.73. The molecule has 0 radical (unpaired) electrons. The third-order valence-corrected chi connectivity index (χ3v) is 6.64. The van der Waals surface area contributed by atoms with Crippen molar-refractivity contribution in [3.05, 3.63) is 78.0 Å². The molecule has 0 atom stereocenters. The third-order valence-electron chi connectivity index (χ3n) is 6.64. The topological polar surface area (TPSA) is 68.1 Å². The molecule has 7 nitrogen and oxygen atoms in total. The Morgan fingerprint density at radius 3 is 2.51 bits per heavy atom. The van der Waals surface area contributed by atoms with E-state index in [9.17, 15) is 0 Å². The highest BCUT2D eigenvalue weighted by molar-refractivity contribution is 5.86. The maximum absolute atomic E-state index is 5.55. The average molecular weight is 465 g/mol. The molecule has 3 heterocycles. The van der Waals surface area contributed by atoms with Gasteiger partial charge in [0.05, 0.1) is 30.1 Å². The van der Waals surface area contributed by atoms with Crippen molar-refractivity contribution < 1.29 is 4.74 Å². The van der Waals surface area contributed by atoms with Crippen LogP contribution >= 0.6 is 0 Å². The number of nitrogens with one attached hydrogen (secondary N) is 1. The van der Waals surface area contributed by atoms with Gasteiger partial charge in [0, 0.05) is 42.8 Å². The second kappa shape index (κ2) is 9.00. The van der Waals surface area contributed by atoms with Crippen molar-refractivity contribution in [2.45, 2.75) is 13.3 Å². The largest absolute Gasteiger partial charge is 0.378 e. The van der Waals surface area contributed by atoms with Gasteiger partial charge < -0.3 is 15.0 Å². The molecule has 1 aliphatic carbocycles. The fraction of sp³-hybridized carbons (Fsp3) is 0.250. The van der Waals surface area contributed by atoms with Crippen molar-refractivity contribution in [3.63, 3.8) is 0 Å². The Labute approximate surface area is 204 Å². The zero-order valence-corrected chi connectivity index (χ0v) is 20.0. The molecule has 1 aliphatic heterocycles. The summed E-state index contributed by atoms with van der Waals surface area (Å²) in [6.45, 7) is 4.96. The maximum Gasteiger partial charge on any atom is 0.228 e. The molecular weight excluding hydrogens is 436 g/mol. The number of hydrogen-bond donors (Lipinski definition) is 1. The minimum atomic E-state index is 0.683. The van der Waals surface area contributed by atoms with Gasteiger partial charge in [-0.15, -0.1) is 0 Å². The summed E-state index contributed by atoms with van der Waals surface area (Å²) in [5.41, 5.74) is 7.62. The van der Waals surface area contributed by atoms with Gasteiger partial charge in [-0.25, -0.2) is 4.98 Å². The van der Waals surface area contributed by atoms with Gasteiger partial charge in [-0.05, 0) is 42.7 Å². The van der Waals surface area contributed by atoms with E-state index in [-0.39, 0.29) is 0 Å². The fourth-order valence-corrected chi connectivity index (χ4v) is 4.73. The van der Waals surface area contributed by atoms with E-state index in [2.05, 4.69) is 76.0 Å². The Bertz CT molecular complexity index is 1440. The summed E-state index contributed by atoms with van der Waals surface area (Å²) in [4.78, 5) is 12.0. The van der Waals surface area contributed by atoms with E-state index in [1.165, 1.54) is 11.1 Å². The predicted octanol–water partition coefficient (Wildman–Crippen LogP) is 5.26.